The molecular weight excluding hydrogens is 350 g/mol. The molecule has 2 aromatic heterocycles. The number of benzene rings is 1. The van der Waals surface area contributed by atoms with Gasteiger partial charge in [0.1, 0.15) is 5.76 Å². The number of hydrogen-bond donors (Lipinski definition) is 0. The number of rotatable bonds is 6. The van der Waals surface area contributed by atoms with E-state index in [9.17, 15) is 4.79 Å². The average molecular weight is 369 g/mol. The average Bonchev–Trinajstić information content (AvgIpc) is 3.38. The van der Waals surface area contributed by atoms with E-state index in [2.05, 4.69) is 10.3 Å². The zero-order chi connectivity index (χ0) is 19.0. The van der Waals surface area contributed by atoms with Gasteiger partial charge in [0.05, 0.1) is 25.5 Å². The Hall–Kier alpha value is -3.29. The topological polar surface area (TPSA) is 88.6 Å². The molecule has 0 saturated heterocycles. The summed E-state index contributed by atoms with van der Waals surface area (Å²) in [6, 6.07) is 3.35. The third-order valence-corrected chi connectivity index (χ3v) is 4.53. The first-order valence-electron chi connectivity index (χ1n) is 8.49. The molecule has 4 rings (SSSR count). The van der Waals surface area contributed by atoms with Crippen LogP contribution in [-0.4, -0.2) is 34.6 Å². The van der Waals surface area contributed by atoms with Gasteiger partial charge in [0.25, 0.3) is 0 Å². The molecule has 0 atom stereocenters. The zero-order valence-corrected chi connectivity index (χ0v) is 15.3. The second kappa shape index (κ2) is 6.79. The van der Waals surface area contributed by atoms with Crippen LogP contribution in [0.15, 0.2) is 29.0 Å². The quantitative estimate of drug-likeness (QED) is 0.617. The van der Waals surface area contributed by atoms with Crippen molar-refractivity contribution in [3.05, 3.63) is 52.7 Å². The van der Waals surface area contributed by atoms with Crippen LogP contribution in [0.2, 0.25) is 0 Å². The van der Waals surface area contributed by atoms with Gasteiger partial charge in [-0.15, -0.1) is 0 Å². The maximum atomic E-state index is 12.7. The molecule has 0 unspecified atom stereocenters. The van der Waals surface area contributed by atoms with Crippen LogP contribution in [0.3, 0.4) is 0 Å². The van der Waals surface area contributed by atoms with Crippen LogP contribution in [0.5, 0.6) is 17.2 Å². The predicted octanol–water partition coefficient (Wildman–Crippen LogP) is 2.70. The fourth-order valence-electron chi connectivity index (χ4n) is 3.05. The maximum Gasteiger partial charge on any atom is 0.231 e. The molecule has 1 aliphatic rings. The summed E-state index contributed by atoms with van der Waals surface area (Å²) in [4.78, 5) is 12.7. The van der Waals surface area contributed by atoms with E-state index in [0.29, 0.717) is 29.4 Å². The van der Waals surface area contributed by atoms with Gasteiger partial charge in [-0.3, -0.25) is 9.48 Å². The standard InChI is InChI=1S/C19H19N3O5/c1-11-15(12(2)27-21-11)9-22-8-13(7-20-22)4-16(23)14-5-17(24-3)19-18(6-14)25-10-26-19/h5-8H,4,9-10H2,1-3H3. The highest BCUT2D eigenvalue weighted by atomic mass is 16.7. The molecule has 1 aromatic carbocycles. The molecule has 0 bridgehead atoms. The number of aryl methyl sites for hydroxylation is 2. The summed E-state index contributed by atoms with van der Waals surface area (Å²) in [5.41, 5.74) is 3.17. The van der Waals surface area contributed by atoms with Gasteiger partial charge in [0, 0.05) is 23.7 Å². The van der Waals surface area contributed by atoms with Crippen LogP contribution in [0.25, 0.3) is 0 Å². The number of carbonyl (C=O) groups is 1. The van der Waals surface area contributed by atoms with Gasteiger partial charge in [0.15, 0.2) is 17.3 Å². The van der Waals surface area contributed by atoms with E-state index in [4.69, 9.17) is 18.7 Å². The Morgan fingerprint density at radius 1 is 1.30 bits per heavy atom. The fourth-order valence-corrected chi connectivity index (χ4v) is 3.05. The zero-order valence-electron chi connectivity index (χ0n) is 15.3. The van der Waals surface area contributed by atoms with Gasteiger partial charge < -0.3 is 18.7 Å². The van der Waals surface area contributed by atoms with Crippen molar-refractivity contribution in [1.29, 1.82) is 0 Å². The molecule has 3 aromatic rings. The van der Waals surface area contributed by atoms with Crippen molar-refractivity contribution in [1.82, 2.24) is 14.9 Å². The van der Waals surface area contributed by atoms with Crippen LogP contribution >= 0.6 is 0 Å². The number of methoxy groups -OCH3 is 1. The van der Waals surface area contributed by atoms with Crippen molar-refractivity contribution in [3.8, 4) is 17.2 Å². The van der Waals surface area contributed by atoms with Gasteiger partial charge in [-0.05, 0) is 31.5 Å². The Labute approximate surface area is 155 Å². The normalized spacial score (nSPS) is 12.4. The van der Waals surface area contributed by atoms with Crippen LogP contribution in [-0.2, 0) is 13.0 Å². The van der Waals surface area contributed by atoms with Gasteiger partial charge in [-0.2, -0.15) is 5.10 Å². The smallest absolute Gasteiger partial charge is 0.231 e. The Kier molecular flexibility index (Phi) is 4.31. The molecule has 140 valence electrons. The molecule has 0 aliphatic carbocycles. The monoisotopic (exact) mass is 369 g/mol. The Morgan fingerprint density at radius 2 is 2.15 bits per heavy atom. The number of ketones is 1. The second-order valence-electron chi connectivity index (χ2n) is 6.36. The lowest BCUT2D eigenvalue weighted by atomic mass is 10.0. The Balaban J connectivity index is 1.50. The Bertz CT molecular complexity index is 985. The fraction of sp³-hybridized carbons (Fsp3) is 0.316. The number of nitrogens with zero attached hydrogens (tertiary/aromatic N) is 3. The lowest BCUT2D eigenvalue weighted by Gasteiger charge is -2.07. The predicted molar refractivity (Wildman–Crippen MR) is 94.5 cm³/mol. The minimum absolute atomic E-state index is 0.0523. The van der Waals surface area contributed by atoms with Crippen LogP contribution in [0.1, 0.15) is 32.9 Å². The first-order valence-corrected chi connectivity index (χ1v) is 8.49. The van der Waals surface area contributed by atoms with Gasteiger partial charge in [0.2, 0.25) is 12.5 Å². The number of hydrogen-bond acceptors (Lipinski definition) is 7. The van der Waals surface area contributed by atoms with E-state index in [1.54, 1.807) is 23.0 Å². The van der Waals surface area contributed by atoms with E-state index in [-0.39, 0.29) is 19.0 Å². The van der Waals surface area contributed by atoms with Crippen LogP contribution < -0.4 is 14.2 Å². The van der Waals surface area contributed by atoms with Gasteiger partial charge >= 0.3 is 0 Å². The van der Waals surface area contributed by atoms with E-state index in [0.717, 1.165) is 22.6 Å². The minimum atomic E-state index is -0.0523. The third kappa shape index (κ3) is 3.25. The summed E-state index contributed by atoms with van der Waals surface area (Å²) in [6.45, 7) is 4.44. The van der Waals surface area contributed by atoms with Crippen LogP contribution in [0.4, 0.5) is 0 Å². The summed E-state index contributed by atoms with van der Waals surface area (Å²) in [5, 5.41) is 8.29. The van der Waals surface area contributed by atoms with Gasteiger partial charge in [-0.25, -0.2) is 0 Å². The third-order valence-electron chi connectivity index (χ3n) is 4.53. The first-order chi connectivity index (χ1) is 13.0. The highest BCUT2D eigenvalue weighted by molar-refractivity contribution is 5.98. The highest BCUT2D eigenvalue weighted by Gasteiger charge is 2.22. The summed E-state index contributed by atoms with van der Waals surface area (Å²) in [5.74, 6) is 2.26. The summed E-state index contributed by atoms with van der Waals surface area (Å²) < 4.78 is 23.0. The van der Waals surface area contributed by atoms with Gasteiger partial charge in [-0.1, -0.05) is 5.16 Å². The molecule has 27 heavy (non-hydrogen) atoms. The highest BCUT2D eigenvalue weighted by Crippen LogP contribution is 2.42. The molecule has 0 saturated carbocycles. The van der Waals surface area contributed by atoms with Crippen molar-refractivity contribution in [2.45, 2.75) is 26.8 Å². The summed E-state index contributed by atoms with van der Waals surface area (Å²) >= 11 is 0. The number of Topliss-reactive ketones (excluding diaryl/α,β-unsaturated/α-hetero) is 1. The minimum Gasteiger partial charge on any atom is -0.493 e. The largest absolute Gasteiger partial charge is 0.493 e. The number of fused-ring (bicyclic) bond motifs is 1. The summed E-state index contributed by atoms with van der Waals surface area (Å²) in [7, 11) is 1.53. The molecule has 0 radical (unpaired) electrons. The van der Waals surface area contributed by atoms with Crippen molar-refractivity contribution < 1.29 is 23.5 Å². The van der Waals surface area contributed by atoms with E-state index in [1.807, 2.05) is 20.0 Å². The van der Waals surface area contributed by atoms with Crippen molar-refractivity contribution in [3.63, 3.8) is 0 Å². The second-order valence-corrected chi connectivity index (χ2v) is 6.36. The molecule has 0 amide bonds. The summed E-state index contributed by atoms with van der Waals surface area (Å²) in [6.07, 6.45) is 3.78. The number of ether oxygens (including phenoxy) is 3. The first kappa shape index (κ1) is 17.1. The molecular formula is C19H19N3O5. The molecule has 0 N–H and O–H groups in total. The molecule has 1 aliphatic heterocycles. The SMILES string of the molecule is COc1cc(C(=O)Cc2cnn(Cc3c(C)noc3C)c2)cc2c1OCO2. The number of carbonyl (C=O) groups excluding carboxylic acids is 1. The van der Waals surface area contributed by atoms with E-state index < -0.39 is 0 Å². The maximum absolute atomic E-state index is 12.7. The lowest BCUT2D eigenvalue weighted by molar-refractivity contribution is 0.0992. The van der Waals surface area contributed by atoms with Crippen molar-refractivity contribution in [2.24, 2.45) is 0 Å². The molecule has 0 spiro atoms. The molecule has 0 fully saturated rings. The van der Waals surface area contributed by atoms with E-state index in [1.165, 1.54) is 7.11 Å². The van der Waals surface area contributed by atoms with Crippen molar-refractivity contribution >= 4 is 5.78 Å². The Morgan fingerprint density at radius 3 is 2.89 bits per heavy atom. The number of aromatic nitrogens is 3. The van der Waals surface area contributed by atoms with Crippen LogP contribution in [0, 0.1) is 13.8 Å². The molecule has 3 heterocycles. The molecule has 8 heteroatoms. The lowest BCUT2D eigenvalue weighted by Crippen LogP contribution is -2.04. The van der Waals surface area contributed by atoms with E-state index >= 15 is 0 Å². The molecule has 8 nitrogen and oxygen atoms in total. The van der Waals surface area contributed by atoms with Crippen molar-refractivity contribution in [2.75, 3.05) is 13.9 Å².